The molecule has 70 valence electrons. The number of hydrogen-bond acceptors (Lipinski definition) is 4. The second-order valence-electron chi connectivity index (χ2n) is 2.33. The van der Waals surface area contributed by atoms with Crippen LogP contribution in [0.25, 0.3) is 0 Å². The Morgan fingerprint density at radius 1 is 1.38 bits per heavy atom. The predicted molar refractivity (Wildman–Crippen MR) is 45.5 cm³/mol. The minimum atomic E-state index is -2.49. The summed E-state index contributed by atoms with van der Waals surface area (Å²) in [6.45, 7) is -0.00471. The van der Waals surface area contributed by atoms with Crippen molar-refractivity contribution in [3.63, 3.8) is 0 Å². The van der Waals surface area contributed by atoms with Crippen LogP contribution in [0.5, 0.6) is 0 Å². The molecule has 4 nitrogen and oxygen atoms in total. The molecule has 0 saturated carbocycles. The van der Waals surface area contributed by atoms with E-state index in [1.54, 1.807) is 24.3 Å². The zero-order valence-corrected chi connectivity index (χ0v) is 7.45. The van der Waals surface area contributed by atoms with Crippen LogP contribution in [0.1, 0.15) is 15.9 Å². The lowest BCUT2D eigenvalue weighted by molar-refractivity contribution is 0.112. The molecule has 13 heavy (non-hydrogen) atoms. The molecular formula is C8H7O4S-. The van der Waals surface area contributed by atoms with Crippen LogP contribution in [0.2, 0.25) is 0 Å². The van der Waals surface area contributed by atoms with E-state index >= 15 is 0 Å². The first-order valence-electron chi connectivity index (χ1n) is 3.49. The summed E-state index contributed by atoms with van der Waals surface area (Å²) in [6, 6.07) is 6.46. The zero-order chi connectivity index (χ0) is 9.68. The molecule has 0 spiro atoms. The zero-order valence-electron chi connectivity index (χ0n) is 6.64. The summed E-state index contributed by atoms with van der Waals surface area (Å²) in [4.78, 5) is 10.3. The molecule has 0 N–H and O–H groups in total. The third kappa shape index (κ3) is 3.45. The fourth-order valence-corrected chi connectivity index (χ4v) is 1.04. The lowest BCUT2D eigenvalue weighted by Crippen LogP contribution is -1.96. The number of carbonyl (C=O) groups excluding carboxylic acids is 1. The molecule has 0 radical (unpaired) electrons. The molecule has 0 aliphatic rings. The van der Waals surface area contributed by atoms with Crippen LogP contribution in [0.3, 0.4) is 0 Å². The standard InChI is InChI=1S/C8H8O4S/c9-5-7-1-3-8(4-2-7)6-12-13(10)11/h1-5H,6H2,(H,10,11)/p-1. The van der Waals surface area contributed by atoms with Crippen LogP contribution < -0.4 is 0 Å². The Kier molecular flexibility index (Phi) is 3.75. The average molecular weight is 199 g/mol. The van der Waals surface area contributed by atoms with Crippen molar-refractivity contribution < 1.29 is 17.7 Å². The molecule has 0 bridgehead atoms. The van der Waals surface area contributed by atoms with E-state index in [2.05, 4.69) is 4.18 Å². The highest BCUT2D eigenvalue weighted by Crippen LogP contribution is 2.04. The van der Waals surface area contributed by atoms with E-state index in [1.807, 2.05) is 0 Å². The molecule has 0 heterocycles. The molecule has 5 heteroatoms. The second kappa shape index (κ2) is 4.86. The van der Waals surface area contributed by atoms with E-state index < -0.39 is 11.4 Å². The maximum Gasteiger partial charge on any atom is 0.150 e. The largest absolute Gasteiger partial charge is 0.750 e. The fourth-order valence-electron chi connectivity index (χ4n) is 0.809. The first-order chi connectivity index (χ1) is 6.22. The monoisotopic (exact) mass is 199 g/mol. The Morgan fingerprint density at radius 2 is 2.00 bits per heavy atom. The summed E-state index contributed by atoms with van der Waals surface area (Å²) in [5, 5.41) is 0. The van der Waals surface area contributed by atoms with Crippen molar-refractivity contribution in [1.29, 1.82) is 0 Å². The smallest absolute Gasteiger partial charge is 0.150 e. The average Bonchev–Trinajstić information content (AvgIpc) is 2.15. The van der Waals surface area contributed by atoms with Gasteiger partial charge in [0, 0.05) is 5.56 Å². The Labute approximate surface area is 78.0 Å². The summed E-state index contributed by atoms with van der Waals surface area (Å²) in [5.41, 5.74) is 1.25. The van der Waals surface area contributed by atoms with Gasteiger partial charge in [0.25, 0.3) is 0 Å². The lowest BCUT2D eigenvalue weighted by atomic mass is 10.2. The minimum Gasteiger partial charge on any atom is -0.750 e. The summed E-state index contributed by atoms with van der Waals surface area (Å²) in [7, 11) is 0. The van der Waals surface area contributed by atoms with Gasteiger partial charge in [-0.05, 0) is 5.56 Å². The molecule has 1 unspecified atom stereocenters. The van der Waals surface area contributed by atoms with Gasteiger partial charge in [0.15, 0.2) is 0 Å². The van der Waals surface area contributed by atoms with Crippen LogP contribution >= 0.6 is 0 Å². The third-order valence-electron chi connectivity index (χ3n) is 1.44. The van der Waals surface area contributed by atoms with Crippen molar-refractivity contribution in [2.24, 2.45) is 0 Å². The normalized spacial score (nSPS) is 12.4. The predicted octanol–water partition coefficient (Wildman–Crippen LogP) is 0.810. The van der Waals surface area contributed by atoms with Crippen LogP contribution in [0.15, 0.2) is 24.3 Å². The number of hydrogen-bond donors (Lipinski definition) is 0. The highest BCUT2D eigenvalue weighted by Gasteiger charge is 1.93. The number of carbonyl (C=O) groups is 1. The summed E-state index contributed by atoms with van der Waals surface area (Å²) in [6.07, 6.45) is 0.719. The van der Waals surface area contributed by atoms with Crippen LogP contribution in [-0.4, -0.2) is 15.0 Å². The van der Waals surface area contributed by atoms with E-state index in [-0.39, 0.29) is 6.61 Å². The SMILES string of the molecule is O=Cc1ccc(COS(=O)[O-])cc1. The molecule has 1 atom stereocenters. The van der Waals surface area contributed by atoms with Crippen LogP contribution in [-0.2, 0) is 22.2 Å². The van der Waals surface area contributed by atoms with Crippen molar-refractivity contribution in [3.8, 4) is 0 Å². The first-order valence-corrected chi connectivity index (χ1v) is 4.49. The molecule has 1 aromatic carbocycles. The summed E-state index contributed by atoms with van der Waals surface area (Å²) in [5.74, 6) is 0. The molecule has 1 rings (SSSR count). The van der Waals surface area contributed by atoms with Gasteiger partial charge in [-0.3, -0.25) is 8.98 Å². The molecular weight excluding hydrogens is 192 g/mol. The van der Waals surface area contributed by atoms with Crippen molar-refractivity contribution in [2.45, 2.75) is 6.61 Å². The summed E-state index contributed by atoms with van der Waals surface area (Å²) >= 11 is -2.49. The van der Waals surface area contributed by atoms with E-state index in [9.17, 15) is 13.6 Å². The van der Waals surface area contributed by atoms with Crippen molar-refractivity contribution in [2.75, 3.05) is 0 Å². The van der Waals surface area contributed by atoms with Gasteiger partial charge in [-0.15, -0.1) is 0 Å². The van der Waals surface area contributed by atoms with Gasteiger partial charge in [-0.1, -0.05) is 24.3 Å². The second-order valence-corrected chi connectivity index (χ2v) is 2.97. The topological polar surface area (TPSA) is 66.4 Å². The molecule has 0 aliphatic carbocycles. The van der Waals surface area contributed by atoms with E-state index in [1.165, 1.54) is 0 Å². The minimum absolute atomic E-state index is 0.00471. The van der Waals surface area contributed by atoms with Gasteiger partial charge in [0.1, 0.15) is 6.29 Å². The van der Waals surface area contributed by atoms with Crippen LogP contribution in [0, 0.1) is 0 Å². The molecule has 0 aliphatic heterocycles. The quantitative estimate of drug-likeness (QED) is 0.531. The van der Waals surface area contributed by atoms with Crippen molar-refractivity contribution in [3.05, 3.63) is 35.4 Å². The van der Waals surface area contributed by atoms with E-state index in [0.29, 0.717) is 11.1 Å². The Balaban J connectivity index is 2.59. The van der Waals surface area contributed by atoms with E-state index in [4.69, 9.17) is 0 Å². The number of benzene rings is 1. The summed E-state index contributed by atoms with van der Waals surface area (Å²) < 4.78 is 24.4. The molecule has 1 aromatic rings. The first kappa shape index (κ1) is 10.0. The highest BCUT2D eigenvalue weighted by molar-refractivity contribution is 7.74. The number of aldehydes is 1. The Morgan fingerprint density at radius 3 is 2.46 bits per heavy atom. The van der Waals surface area contributed by atoms with Gasteiger partial charge in [0.05, 0.1) is 18.0 Å². The lowest BCUT2D eigenvalue weighted by Gasteiger charge is -2.05. The Bertz CT molecular complexity index is 306. The molecule has 0 aromatic heterocycles. The Hall–Kier alpha value is -1.04. The van der Waals surface area contributed by atoms with Gasteiger partial charge in [-0.25, -0.2) is 4.21 Å². The van der Waals surface area contributed by atoms with Gasteiger partial charge in [0.2, 0.25) is 0 Å². The molecule has 0 amide bonds. The van der Waals surface area contributed by atoms with Crippen molar-refractivity contribution in [1.82, 2.24) is 0 Å². The van der Waals surface area contributed by atoms with Crippen LogP contribution in [0.4, 0.5) is 0 Å². The van der Waals surface area contributed by atoms with E-state index in [0.717, 1.165) is 6.29 Å². The molecule has 0 saturated heterocycles. The third-order valence-corrected chi connectivity index (χ3v) is 1.75. The maximum absolute atomic E-state index is 10.3. The highest BCUT2D eigenvalue weighted by atomic mass is 32.2. The van der Waals surface area contributed by atoms with Gasteiger partial charge >= 0.3 is 0 Å². The number of rotatable bonds is 4. The maximum atomic E-state index is 10.3. The fraction of sp³-hybridized carbons (Fsp3) is 0.125. The van der Waals surface area contributed by atoms with Crippen molar-refractivity contribution >= 4 is 17.6 Å². The molecule has 0 fully saturated rings. The van der Waals surface area contributed by atoms with Gasteiger partial charge in [-0.2, -0.15) is 0 Å². The van der Waals surface area contributed by atoms with Gasteiger partial charge < -0.3 is 4.55 Å².